The Bertz CT molecular complexity index is 604. The van der Waals surface area contributed by atoms with Crippen LogP contribution in [0.2, 0.25) is 0 Å². The van der Waals surface area contributed by atoms with Crippen molar-refractivity contribution in [3.8, 4) is 0 Å². The Balaban J connectivity index is 1.66. The van der Waals surface area contributed by atoms with Gasteiger partial charge < -0.3 is 15.6 Å². The van der Waals surface area contributed by atoms with Gasteiger partial charge in [0.1, 0.15) is 11.6 Å². The smallest absolute Gasteiger partial charge is 0.224 e. The third kappa shape index (κ3) is 2.58. The molecule has 1 amide bonds. The molecule has 1 aromatic heterocycles. The molecule has 0 spiro atoms. The summed E-state index contributed by atoms with van der Waals surface area (Å²) in [5.41, 5.74) is 1.35. The molecule has 0 bridgehead atoms. The molecule has 0 aliphatic carbocycles. The molecule has 6 heteroatoms. The fourth-order valence-electron chi connectivity index (χ4n) is 2.31. The molecule has 1 aromatic carbocycles. The molecular formula is C13H15FN4O. The molecule has 0 saturated carbocycles. The minimum absolute atomic E-state index is 0.0386. The van der Waals surface area contributed by atoms with E-state index < -0.39 is 0 Å². The van der Waals surface area contributed by atoms with Gasteiger partial charge in [-0.3, -0.25) is 4.79 Å². The van der Waals surface area contributed by atoms with E-state index in [1.54, 1.807) is 6.07 Å². The first kappa shape index (κ1) is 12.1. The summed E-state index contributed by atoms with van der Waals surface area (Å²) in [7, 11) is 0. The van der Waals surface area contributed by atoms with Gasteiger partial charge in [0.2, 0.25) is 5.91 Å². The van der Waals surface area contributed by atoms with Crippen LogP contribution in [-0.2, 0) is 11.3 Å². The average Bonchev–Trinajstić information content (AvgIpc) is 3.04. The van der Waals surface area contributed by atoms with E-state index in [1.807, 2.05) is 0 Å². The molecule has 1 atom stereocenters. The Hall–Kier alpha value is -1.95. The number of carbonyl (C=O) groups is 1. The molecular weight excluding hydrogens is 247 g/mol. The summed E-state index contributed by atoms with van der Waals surface area (Å²) < 4.78 is 13.0. The van der Waals surface area contributed by atoms with Gasteiger partial charge in [0, 0.05) is 6.54 Å². The van der Waals surface area contributed by atoms with Crippen LogP contribution in [0, 0.1) is 11.7 Å². The van der Waals surface area contributed by atoms with Crippen molar-refractivity contribution in [1.82, 2.24) is 20.6 Å². The van der Waals surface area contributed by atoms with Crippen molar-refractivity contribution >= 4 is 16.9 Å². The topological polar surface area (TPSA) is 69.8 Å². The maximum atomic E-state index is 13.0. The summed E-state index contributed by atoms with van der Waals surface area (Å²) in [6.45, 7) is 1.96. The number of nitrogens with zero attached hydrogens (tertiary/aromatic N) is 1. The van der Waals surface area contributed by atoms with Crippen molar-refractivity contribution in [3.63, 3.8) is 0 Å². The molecule has 100 valence electrons. The first-order valence-electron chi connectivity index (χ1n) is 6.35. The Kier molecular flexibility index (Phi) is 3.16. The molecule has 5 nitrogen and oxygen atoms in total. The number of hydrogen-bond acceptors (Lipinski definition) is 3. The SMILES string of the molecule is O=C(NCc1nc2ccc(F)cc2[nH]1)C1CCNC1. The quantitative estimate of drug-likeness (QED) is 0.770. The predicted molar refractivity (Wildman–Crippen MR) is 68.9 cm³/mol. The number of H-pyrrole nitrogens is 1. The average molecular weight is 262 g/mol. The molecule has 3 rings (SSSR count). The number of halogens is 1. The van der Waals surface area contributed by atoms with Crippen molar-refractivity contribution in [2.45, 2.75) is 13.0 Å². The Morgan fingerprint density at radius 2 is 2.42 bits per heavy atom. The zero-order valence-electron chi connectivity index (χ0n) is 10.4. The minimum atomic E-state index is -0.302. The van der Waals surface area contributed by atoms with Crippen LogP contribution in [0.1, 0.15) is 12.2 Å². The summed E-state index contributed by atoms with van der Waals surface area (Å²) in [6.07, 6.45) is 0.872. The number of aromatic amines is 1. The number of aromatic nitrogens is 2. The van der Waals surface area contributed by atoms with Crippen LogP contribution in [0.4, 0.5) is 4.39 Å². The molecule has 1 saturated heterocycles. The molecule has 2 aromatic rings. The van der Waals surface area contributed by atoms with E-state index in [9.17, 15) is 9.18 Å². The van der Waals surface area contributed by atoms with Gasteiger partial charge in [-0.2, -0.15) is 0 Å². The highest BCUT2D eigenvalue weighted by atomic mass is 19.1. The van der Waals surface area contributed by atoms with Gasteiger partial charge in [-0.15, -0.1) is 0 Å². The number of carbonyl (C=O) groups excluding carboxylic acids is 1. The van der Waals surface area contributed by atoms with E-state index in [2.05, 4.69) is 20.6 Å². The number of rotatable bonds is 3. The molecule has 2 heterocycles. The normalized spacial score (nSPS) is 18.9. The first-order valence-corrected chi connectivity index (χ1v) is 6.35. The molecule has 19 heavy (non-hydrogen) atoms. The van der Waals surface area contributed by atoms with Gasteiger partial charge in [-0.1, -0.05) is 0 Å². The van der Waals surface area contributed by atoms with E-state index >= 15 is 0 Å². The number of hydrogen-bond donors (Lipinski definition) is 3. The highest BCUT2D eigenvalue weighted by molar-refractivity contribution is 5.79. The van der Waals surface area contributed by atoms with Crippen molar-refractivity contribution in [3.05, 3.63) is 29.8 Å². The van der Waals surface area contributed by atoms with Gasteiger partial charge in [0.15, 0.2) is 0 Å². The zero-order valence-corrected chi connectivity index (χ0v) is 10.4. The van der Waals surface area contributed by atoms with E-state index in [0.29, 0.717) is 23.4 Å². The molecule has 1 aliphatic rings. The predicted octanol–water partition coefficient (Wildman–Crippen LogP) is 0.928. The second kappa shape index (κ2) is 4.97. The van der Waals surface area contributed by atoms with Crippen molar-refractivity contribution in [2.24, 2.45) is 5.92 Å². The minimum Gasteiger partial charge on any atom is -0.349 e. The van der Waals surface area contributed by atoms with Crippen LogP contribution < -0.4 is 10.6 Å². The number of amides is 1. The molecule has 0 radical (unpaired) electrons. The third-order valence-corrected chi connectivity index (χ3v) is 3.35. The van der Waals surface area contributed by atoms with Crippen LogP contribution in [0.25, 0.3) is 11.0 Å². The van der Waals surface area contributed by atoms with Crippen molar-refractivity contribution < 1.29 is 9.18 Å². The largest absolute Gasteiger partial charge is 0.349 e. The standard InChI is InChI=1S/C13H15FN4O/c14-9-1-2-10-11(5-9)18-12(17-10)7-16-13(19)8-3-4-15-6-8/h1-2,5,8,15H,3-4,6-7H2,(H,16,19)(H,17,18). The zero-order chi connectivity index (χ0) is 13.2. The number of benzene rings is 1. The Morgan fingerprint density at radius 1 is 1.53 bits per heavy atom. The second-order valence-corrected chi connectivity index (χ2v) is 4.75. The summed E-state index contributed by atoms with van der Waals surface area (Å²) in [4.78, 5) is 19.1. The lowest BCUT2D eigenvalue weighted by molar-refractivity contribution is -0.124. The first-order chi connectivity index (χ1) is 9.22. The summed E-state index contributed by atoms with van der Waals surface area (Å²) in [5, 5.41) is 6.00. The van der Waals surface area contributed by atoms with Gasteiger partial charge in [0.05, 0.1) is 23.5 Å². The Labute approximate surface area is 109 Å². The van der Waals surface area contributed by atoms with E-state index in [0.717, 1.165) is 19.5 Å². The number of imidazole rings is 1. The maximum Gasteiger partial charge on any atom is 0.224 e. The monoisotopic (exact) mass is 262 g/mol. The van der Waals surface area contributed by atoms with E-state index in [-0.39, 0.29) is 17.6 Å². The summed E-state index contributed by atoms with van der Waals surface area (Å²) in [5.74, 6) is 0.419. The van der Waals surface area contributed by atoms with Crippen LogP contribution in [0.15, 0.2) is 18.2 Å². The highest BCUT2D eigenvalue weighted by Crippen LogP contribution is 2.13. The van der Waals surface area contributed by atoms with Crippen molar-refractivity contribution in [1.29, 1.82) is 0 Å². The lowest BCUT2D eigenvalue weighted by Crippen LogP contribution is -2.31. The van der Waals surface area contributed by atoms with E-state index in [1.165, 1.54) is 12.1 Å². The van der Waals surface area contributed by atoms with Crippen LogP contribution in [-0.4, -0.2) is 29.0 Å². The molecule has 1 fully saturated rings. The lowest BCUT2D eigenvalue weighted by atomic mass is 10.1. The second-order valence-electron chi connectivity index (χ2n) is 4.75. The van der Waals surface area contributed by atoms with Gasteiger partial charge in [-0.25, -0.2) is 9.37 Å². The molecule has 1 aliphatic heterocycles. The number of fused-ring (bicyclic) bond motifs is 1. The Morgan fingerprint density at radius 3 is 3.21 bits per heavy atom. The van der Waals surface area contributed by atoms with Gasteiger partial charge >= 0.3 is 0 Å². The fraction of sp³-hybridized carbons (Fsp3) is 0.385. The number of nitrogens with one attached hydrogen (secondary N) is 3. The molecule has 1 unspecified atom stereocenters. The lowest BCUT2D eigenvalue weighted by Gasteiger charge is -2.08. The van der Waals surface area contributed by atoms with Crippen LogP contribution in [0.5, 0.6) is 0 Å². The van der Waals surface area contributed by atoms with Gasteiger partial charge in [0.25, 0.3) is 0 Å². The molecule has 3 N–H and O–H groups in total. The van der Waals surface area contributed by atoms with Gasteiger partial charge in [-0.05, 0) is 31.2 Å². The fourth-order valence-corrected chi connectivity index (χ4v) is 2.31. The summed E-state index contributed by atoms with van der Waals surface area (Å²) >= 11 is 0. The summed E-state index contributed by atoms with van der Waals surface area (Å²) in [6, 6.07) is 4.39. The highest BCUT2D eigenvalue weighted by Gasteiger charge is 2.22. The van der Waals surface area contributed by atoms with Crippen LogP contribution >= 0.6 is 0 Å². The maximum absolute atomic E-state index is 13.0. The van der Waals surface area contributed by atoms with Crippen LogP contribution in [0.3, 0.4) is 0 Å². The van der Waals surface area contributed by atoms with Crippen molar-refractivity contribution in [2.75, 3.05) is 13.1 Å². The van der Waals surface area contributed by atoms with E-state index in [4.69, 9.17) is 0 Å². The third-order valence-electron chi connectivity index (χ3n) is 3.35.